The van der Waals surface area contributed by atoms with Crippen LogP contribution in [-0.2, 0) is 0 Å². The predicted octanol–water partition coefficient (Wildman–Crippen LogP) is 20.0. The van der Waals surface area contributed by atoms with Gasteiger partial charge in [0.05, 0.1) is 0 Å². The Hall–Kier alpha value is -10.9. The molecule has 12 aromatic carbocycles. The first-order valence-electron chi connectivity index (χ1n) is 30.7. The number of para-hydroxylation sites is 1. The summed E-state index contributed by atoms with van der Waals surface area (Å²) in [4.78, 5) is 9.53. The summed E-state index contributed by atoms with van der Waals surface area (Å²) in [6.45, 7) is 1.30. The lowest BCUT2D eigenvalue weighted by atomic mass is 9.55. The van der Waals surface area contributed by atoms with Gasteiger partial charge in [0.1, 0.15) is 0 Å². The molecule has 408 valence electrons. The van der Waals surface area contributed by atoms with E-state index in [4.69, 9.17) is 0 Å². The molecular weight excluding hydrogens is 1060 g/mol. The zero-order valence-corrected chi connectivity index (χ0v) is 48.4. The van der Waals surface area contributed by atoms with Crippen LogP contribution in [0.1, 0.15) is 27.8 Å². The summed E-state index contributed by atoms with van der Waals surface area (Å²) in [5, 5.41) is 18.4. The minimum Gasteiger partial charge on any atom is -0.383 e. The van der Waals surface area contributed by atoms with Crippen molar-refractivity contribution in [3.05, 3.63) is 337 Å². The monoisotopic (exact) mass is 1120 g/mol. The Morgan fingerprint density at radius 1 is 0.227 bits per heavy atom. The van der Waals surface area contributed by atoms with Crippen LogP contribution in [-0.4, -0.2) is 27.4 Å². The van der Waals surface area contributed by atoms with Gasteiger partial charge in [0.2, 0.25) is 0 Å². The molecule has 0 fully saturated rings. The van der Waals surface area contributed by atoms with Crippen molar-refractivity contribution in [2.45, 2.75) is 0 Å². The van der Waals surface area contributed by atoms with Crippen molar-refractivity contribution in [1.29, 1.82) is 0 Å². The van der Waals surface area contributed by atoms with Crippen LogP contribution in [0, 0.1) is 0 Å². The highest BCUT2D eigenvalue weighted by molar-refractivity contribution is 6.78. The van der Waals surface area contributed by atoms with E-state index in [2.05, 4.69) is 359 Å². The molecule has 0 aliphatic carbocycles. The summed E-state index contributed by atoms with van der Waals surface area (Å²) >= 11 is 0. The van der Waals surface area contributed by atoms with Crippen molar-refractivity contribution < 1.29 is 0 Å². The molecule has 8 aliphatic heterocycles. The zero-order valence-electron chi connectivity index (χ0n) is 48.4. The van der Waals surface area contributed by atoms with Crippen LogP contribution in [0.5, 0.6) is 0 Å². The van der Waals surface area contributed by atoms with E-state index in [0.29, 0.717) is 27.4 Å². The van der Waals surface area contributed by atoms with Gasteiger partial charge in [0.15, 0.2) is 0 Å². The van der Waals surface area contributed by atoms with Crippen molar-refractivity contribution in [3.8, 4) is 0 Å². The molecule has 0 unspecified atom stereocenters. The number of anilines is 5. The second-order valence-electron chi connectivity index (χ2n) is 23.5. The van der Waals surface area contributed by atoms with Gasteiger partial charge in [0, 0.05) is 44.8 Å². The maximum atomic E-state index is 2.47. The first kappa shape index (κ1) is 51.5. The molecule has 0 atom stereocenters. The summed E-state index contributed by atoms with van der Waals surface area (Å²) in [6, 6.07) is 74.6. The van der Waals surface area contributed by atoms with Crippen molar-refractivity contribution in [2.24, 2.45) is 0 Å². The van der Waals surface area contributed by atoms with Crippen LogP contribution in [0.3, 0.4) is 0 Å². The van der Waals surface area contributed by atoms with Gasteiger partial charge >= 0.3 is 27.4 Å². The third-order valence-electron chi connectivity index (χ3n) is 18.5. The predicted molar refractivity (Wildman–Crippen MR) is 387 cm³/mol. The third-order valence-corrected chi connectivity index (χ3v) is 18.5. The Labute approximate surface area is 514 Å². The van der Waals surface area contributed by atoms with E-state index in [1.54, 1.807) is 0 Å². The Kier molecular flexibility index (Phi) is 12.6. The molecule has 0 bridgehead atoms. The van der Waals surface area contributed by atoms with Crippen molar-refractivity contribution in [2.75, 3.05) is 19.2 Å². The highest BCUT2D eigenvalue weighted by Crippen LogP contribution is 2.45. The quantitative estimate of drug-likeness (QED) is 0.0852. The summed E-state index contributed by atoms with van der Waals surface area (Å²) in [6.07, 6.45) is 30.5. The molecule has 0 amide bonds. The molecule has 0 saturated carbocycles. The summed E-state index contributed by atoms with van der Waals surface area (Å²) in [7, 11) is 0. The van der Waals surface area contributed by atoms with Gasteiger partial charge in [-0.1, -0.05) is 260 Å². The average molecular weight is 1120 g/mol. The highest BCUT2D eigenvalue weighted by atomic mass is 15.1. The summed E-state index contributed by atoms with van der Waals surface area (Å²) < 4.78 is 0. The minimum atomic E-state index is 0.299. The first-order valence-corrected chi connectivity index (χ1v) is 30.7. The molecule has 8 heteroatoms. The van der Waals surface area contributed by atoms with E-state index in [1.165, 1.54) is 132 Å². The molecular formula is C80H56B4N4. The zero-order chi connectivity index (χ0) is 58.1. The number of hydrogen-bond donors (Lipinski definition) is 0. The standard InChI is InChI=1S/4C20H14BN/c1-3-7-18-15(5-1)9-10-17-12-14-21-13-11-16-6-2-4-8-19(16)22(21)20(17)18;1-2-9-17-15(7-1)16-8-3-4-10-18(16)20-19(17)11-13-21-12-5-6-14-22(20)21;1-2-6-18-15(5-1)7-8-16-13-17-9-11-21-10-3-4-12-22(21)20(17)14-19(16)18;1-2-6-16-12-19-14-20-17(13-18(19)11-15(16)5-1)7-9-21-8-3-4-10-22(20)21/h4*1-14H. The van der Waals surface area contributed by atoms with Gasteiger partial charge in [-0.15, -0.1) is 0 Å². The van der Waals surface area contributed by atoms with E-state index in [-0.39, 0.29) is 0 Å². The van der Waals surface area contributed by atoms with Crippen LogP contribution < -0.4 is 19.2 Å². The highest BCUT2D eigenvalue weighted by Gasteiger charge is 2.32. The van der Waals surface area contributed by atoms with E-state index in [0.717, 1.165) is 0 Å². The molecule has 8 aliphatic rings. The summed E-state index contributed by atoms with van der Waals surface area (Å²) in [5.74, 6) is 18.1. The average Bonchev–Trinajstić information content (AvgIpc) is 1.31. The number of nitrogens with zero attached hydrogens (tertiary/aromatic N) is 4. The smallest absolute Gasteiger partial charge is 0.313 e. The van der Waals surface area contributed by atoms with Crippen LogP contribution in [0.15, 0.2) is 309 Å². The Balaban J connectivity index is 0.0000000910. The number of benzene rings is 12. The normalized spacial score (nSPS) is 15.3. The second-order valence-corrected chi connectivity index (χ2v) is 23.5. The molecule has 0 N–H and O–H groups in total. The van der Waals surface area contributed by atoms with Crippen molar-refractivity contribution in [1.82, 2.24) is 0 Å². The fourth-order valence-electron chi connectivity index (χ4n) is 14.3. The number of allylic oxidation sites excluding steroid dienone is 6. The van der Waals surface area contributed by atoms with Crippen molar-refractivity contribution in [3.63, 3.8) is 0 Å². The van der Waals surface area contributed by atoms with E-state index in [1.807, 2.05) is 0 Å². The van der Waals surface area contributed by atoms with E-state index in [9.17, 15) is 0 Å². The van der Waals surface area contributed by atoms with Crippen LogP contribution in [0.25, 0.3) is 106 Å². The lowest BCUT2D eigenvalue weighted by Gasteiger charge is -2.37. The van der Waals surface area contributed by atoms with E-state index >= 15 is 0 Å². The molecule has 0 aromatic heterocycles. The lowest BCUT2D eigenvalue weighted by Crippen LogP contribution is -2.37. The van der Waals surface area contributed by atoms with Crippen LogP contribution in [0.4, 0.5) is 28.4 Å². The molecule has 12 aromatic rings. The van der Waals surface area contributed by atoms with Crippen LogP contribution in [0.2, 0.25) is 0 Å². The fourth-order valence-corrected chi connectivity index (χ4v) is 14.3. The molecule has 0 radical (unpaired) electrons. The number of fused-ring (bicyclic) bond motifs is 26. The molecule has 4 nitrogen and oxygen atoms in total. The maximum absolute atomic E-state index is 2.47. The van der Waals surface area contributed by atoms with E-state index < -0.39 is 0 Å². The molecule has 0 saturated heterocycles. The van der Waals surface area contributed by atoms with Gasteiger partial charge in [-0.05, 0) is 166 Å². The lowest BCUT2D eigenvalue weighted by molar-refractivity contribution is 1.36. The molecule has 88 heavy (non-hydrogen) atoms. The van der Waals surface area contributed by atoms with Gasteiger partial charge in [-0.25, -0.2) is 0 Å². The Morgan fingerprint density at radius 2 is 0.693 bits per heavy atom. The maximum Gasteiger partial charge on any atom is 0.313 e. The number of hydrogen-bond acceptors (Lipinski definition) is 4. The minimum absolute atomic E-state index is 0.299. The molecule has 20 rings (SSSR count). The molecule has 8 heterocycles. The SMILES string of the molecule is C1=CB2C=Cc3c(c4ccccc4c4ccccc34)N2C=C1.C1=CB2C=Cc3cc4cc5ccccc5cc4cc3N2C=C1.C1=CB2C=Cc3cc4ccc5ccccc5c4cc3N2C=C1.C1=Cc2ccccc2N2B1C=Cc1ccc3ccccc3c12. The Morgan fingerprint density at radius 3 is 1.40 bits per heavy atom. The first-order chi connectivity index (χ1) is 43.6. The number of rotatable bonds is 0. The second kappa shape index (κ2) is 21.5. The molecule has 0 spiro atoms. The van der Waals surface area contributed by atoms with Gasteiger partial charge in [-0.2, -0.15) is 0 Å². The van der Waals surface area contributed by atoms with Crippen molar-refractivity contribution >= 4 is 162 Å². The Bertz CT molecular complexity index is 5230. The third kappa shape index (κ3) is 8.90. The fraction of sp³-hybridized carbons (Fsp3) is 0. The summed E-state index contributed by atoms with van der Waals surface area (Å²) in [5.41, 5.74) is 13.0. The van der Waals surface area contributed by atoms with Gasteiger partial charge in [-0.3, -0.25) is 0 Å². The van der Waals surface area contributed by atoms with Gasteiger partial charge < -0.3 is 19.2 Å². The van der Waals surface area contributed by atoms with Gasteiger partial charge in [0.25, 0.3) is 0 Å². The van der Waals surface area contributed by atoms with Crippen LogP contribution >= 0.6 is 0 Å². The topological polar surface area (TPSA) is 13.0 Å². The largest absolute Gasteiger partial charge is 0.383 e.